The van der Waals surface area contributed by atoms with Crippen LogP contribution in [0.25, 0.3) is 0 Å². The number of amides is 2. The lowest BCUT2D eigenvalue weighted by Gasteiger charge is -2.27. The first-order valence-electron chi connectivity index (χ1n) is 9.08. The molecule has 2 N–H and O–H groups in total. The summed E-state index contributed by atoms with van der Waals surface area (Å²) in [6.45, 7) is 1.49. The largest absolute Gasteiger partial charge is 0.326 e. The van der Waals surface area contributed by atoms with Gasteiger partial charge in [0.1, 0.15) is 0 Å². The number of anilines is 2. The van der Waals surface area contributed by atoms with Crippen molar-refractivity contribution in [3.8, 4) is 0 Å². The van der Waals surface area contributed by atoms with Gasteiger partial charge in [-0.15, -0.1) is 0 Å². The fraction of sp³-hybridized carbons (Fsp3) is 0.227. The summed E-state index contributed by atoms with van der Waals surface area (Å²) in [5, 5.41) is 6.13. The van der Waals surface area contributed by atoms with E-state index in [0.29, 0.717) is 34.8 Å². The minimum Gasteiger partial charge on any atom is -0.326 e. The van der Waals surface area contributed by atoms with Crippen LogP contribution in [0.1, 0.15) is 30.1 Å². The van der Waals surface area contributed by atoms with Gasteiger partial charge in [0.15, 0.2) is 5.78 Å². The molecule has 1 aliphatic carbocycles. The molecule has 2 aromatic carbocycles. The minimum absolute atomic E-state index is 0.0356. The molecule has 5 nitrogen and oxygen atoms in total. The van der Waals surface area contributed by atoms with Crippen molar-refractivity contribution in [3.63, 3.8) is 0 Å². The van der Waals surface area contributed by atoms with Crippen LogP contribution in [-0.2, 0) is 9.59 Å². The smallest absolute Gasteiger partial charge is 0.228 e. The van der Waals surface area contributed by atoms with E-state index < -0.39 is 11.8 Å². The van der Waals surface area contributed by atoms with Crippen LogP contribution < -0.4 is 10.6 Å². The number of para-hydroxylation sites is 1. The number of ketones is 1. The van der Waals surface area contributed by atoms with Crippen LogP contribution in [0.15, 0.2) is 60.7 Å². The molecule has 144 valence electrons. The van der Waals surface area contributed by atoms with Crippen molar-refractivity contribution in [2.75, 3.05) is 10.6 Å². The predicted octanol–water partition coefficient (Wildman–Crippen LogP) is 4.70. The van der Waals surface area contributed by atoms with E-state index in [1.54, 1.807) is 48.5 Å². The maximum absolute atomic E-state index is 12.8. The Morgan fingerprint density at radius 2 is 1.43 bits per heavy atom. The third-order valence-corrected chi connectivity index (χ3v) is 5.13. The maximum atomic E-state index is 12.8. The lowest BCUT2D eigenvalue weighted by molar-refractivity contribution is -0.129. The Hall–Kier alpha value is -2.92. The topological polar surface area (TPSA) is 75.3 Å². The van der Waals surface area contributed by atoms with E-state index in [9.17, 15) is 14.4 Å². The summed E-state index contributed by atoms with van der Waals surface area (Å²) in [4.78, 5) is 37.0. The number of allylic oxidation sites excluding steroid dienone is 2. The summed E-state index contributed by atoms with van der Waals surface area (Å²) in [5.74, 6) is -1.46. The molecule has 2 atom stereocenters. The van der Waals surface area contributed by atoms with Gasteiger partial charge in [0.25, 0.3) is 0 Å². The second-order valence-corrected chi connectivity index (χ2v) is 7.15. The van der Waals surface area contributed by atoms with E-state index in [1.165, 1.54) is 6.92 Å². The number of hydrogen-bond donors (Lipinski definition) is 2. The molecule has 3 rings (SSSR count). The molecule has 0 radical (unpaired) electrons. The number of carbonyl (C=O) groups is 3. The number of Topliss-reactive ketones (excluding diaryl/α,β-unsaturated/α-hetero) is 1. The first kappa shape index (κ1) is 19.8. The van der Waals surface area contributed by atoms with Crippen LogP contribution in [0.4, 0.5) is 11.4 Å². The summed E-state index contributed by atoms with van der Waals surface area (Å²) in [7, 11) is 0. The molecule has 0 aliphatic heterocycles. The molecule has 0 fully saturated rings. The van der Waals surface area contributed by atoms with Gasteiger partial charge in [-0.3, -0.25) is 14.4 Å². The Balaban J connectivity index is 1.70. The number of halogens is 1. The zero-order valence-electron chi connectivity index (χ0n) is 15.4. The summed E-state index contributed by atoms with van der Waals surface area (Å²) in [5.41, 5.74) is 1.70. The van der Waals surface area contributed by atoms with E-state index in [2.05, 4.69) is 10.6 Å². The van der Waals surface area contributed by atoms with E-state index >= 15 is 0 Å². The van der Waals surface area contributed by atoms with E-state index in [0.717, 1.165) is 0 Å². The molecule has 0 saturated heterocycles. The fourth-order valence-corrected chi connectivity index (χ4v) is 3.39. The maximum Gasteiger partial charge on any atom is 0.228 e. The molecule has 0 saturated carbocycles. The van der Waals surface area contributed by atoms with Crippen molar-refractivity contribution < 1.29 is 14.4 Å². The Kier molecular flexibility index (Phi) is 6.26. The number of carbonyl (C=O) groups excluding carboxylic acids is 3. The highest BCUT2D eigenvalue weighted by Crippen LogP contribution is 2.29. The van der Waals surface area contributed by atoms with Crippen LogP contribution in [0.5, 0.6) is 0 Å². The highest BCUT2D eigenvalue weighted by molar-refractivity contribution is 6.33. The van der Waals surface area contributed by atoms with E-state index in [1.807, 2.05) is 12.2 Å². The summed E-state index contributed by atoms with van der Waals surface area (Å²) in [6.07, 6.45) is 4.81. The number of nitrogens with one attached hydrogen (secondary N) is 2. The lowest BCUT2D eigenvalue weighted by Crippen LogP contribution is -2.37. The Morgan fingerprint density at radius 1 is 0.857 bits per heavy atom. The number of rotatable bonds is 5. The first-order valence-corrected chi connectivity index (χ1v) is 9.46. The first-order chi connectivity index (χ1) is 13.5. The molecule has 0 heterocycles. The van der Waals surface area contributed by atoms with Crippen molar-refractivity contribution in [2.45, 2.75) is 19.8 Å². The van der Waals surface area contributed by atoms with Crippen LogP contribution in [0, 0.1) is 11.8 Å². The van der Waals surface area contributed by atoms with E-state index in [-0.39, 0.29) is 17.6 Å². The monoisotopic (exact) mass is 396 g/mol. The molecule has 0 bridgehead atoms. The summed E-state index contributed by atoms with van der Waals surface area (Å²) < 4.78 is 0. The van der Waals surface area contributed by atoms with Crippen LogP contribution in [0.3, 0.4) is 0 Å². The molecule has 6 heteroatoms. The molecule has 2 amide bonds. The van der Waals surface area contributed by atoms with E-state index in [4.69, 9.17) is 11.6 Å². The van der Waals surface area contributed by atoms with Crippen molar-refractivity contribution in [2.24, 2.45) is 11.8 Å². The second-order valence-electron chi connectivity index (χ2n) is 6.75. The van der Waals surface area contributed by atoms with Gasteiger partial charge in [0.2, 0.25) is 11.8 Å². The Bertz CT molecular complexity index is 922. The lowest BCUT2D eigenvalue weighted by atomic mass is 9.81. The quantitative estimate of drug-likeness (QED) is 0.568. The van der Waals surface area contributed by atoms with Crippen LogP contribution in [-0.4, -0.2) is 17.6 Å². The zero-order valence-corrected chi connectivity index (χ0v) is 16.2. The average molecular weight is 397 g/mol. The molecule has 1 aliphatic rings. The van der Waals surface area contributed by atoms with Crippen molar-refractivity contribution in [1.29, 1.82) is 0 Å². The Labute approximate surface area is 168 Å². The molecule has 2 aromatic rings. The molecule has 0 aromatic heterocycles. The van der Waals surface area contributed by atoms with Gasteiger partial charge in [0, 0.05) is 11.3 Å². The fourth-order valence-electron chi connectivity index (χ4n) is 3.20. The molecular weight excluding hydrogens is 376 g/mol. The van der Waals surface area contributed by atoms with Gasteiger partial charge < -0.3 is 10.6 Å². The van der Waals surface area contributed by atoms with Gasteiger partial charge in [-0.05, 0) is 56.2 Å². The second kappa shape index (κ2) is 8.85. The van der Waals surface area contributed by atoms with Gasteiger partial charge >= 0.3 is 0 Å². The zero-order chi connectivity index (χ0) is 20.1. The molecule has 28 heavy (non-hydrogen) atoms. The van der Waals surface area contributed by atoms with Gasteiger partial charge in [-0.1, -0.05) is 35.9 Å². The number of benzene rings is 2. The van der Waals surface area contributed by atoms with Gasteiger partial charge in [-0.25, -0.2) is 0 Å². The van der Waals surface area contributed by atoms with Crippen LogP contribution >= 0.6 is 11.6 Å². The van der Waals surface area contributed by atoms with Crippen molar-refractivity contribution in [1.82, 2.24) is 0 Å². The molecular formula is C22H21ClN2O3. The van der Waals surface area contributed by atoms with Gasteiger partial charge in [-0.2, -0.15) is 0 Å². The molecule has 0 spiro atoms. The average Bonchev–Trinajstić information content (AvgIpc) is 2.70. The summed E-state index contributed by atoms with van der Waals surface area (Å²) >= 11 is 6.12. The van der Waals surface area contributed by atoms with Crippen molar-refractivity contribution >= 4 is 40.6 Å². The van der Waals surface area contributed by atoms with Crippen LogP contribution in [0.2, 0.25) is 5.02 Å². The number of hydrogen-bond acceptors (Lipinski definition) is 3. The summed E-state index contributed by atoms with van der Waals surface area (Å²) in [6, 6.07) is 13.7. The standard InChI is InChI=1S/C22H21ClN2O3/c1-14(26)15-10-12-16(13-11-15)24-21(27)17-6-2-3-7-18(17)22(28)25-20-9-5-4-8-19(20)23/h2-5,8-13,17-18H,6-7H2,1H3,(H,24,27)(H,25,28). The molecule has 2 unspecified atom stereocenters. The highest BCUT2D eigenvalue weighted by atomic mass is 35.5. The normalized spacial score (nSPS) is 18.4. The van der Waals surface area contributed by atoms with Crippen molar-refractivity contribution in [3.05, 3.63) is 71.3 Å². The highest BCUT2D eigenvalue weighted by Gasteiger charge is 2.34. The SMILES string of the molecule is CC(=O)c1ccc(NC(=O)C2CC=CCC2C(=O)Nc2ccccc2Cl)cc1. The minimum atomic E-state index is -0.488. The third-order valence-electron chi connectivity index (χ3n) is 4.80. The third kappa shape index (κ3) is 4.67. The predicted molar refractivity (Wildman–Crippen MR) is 111 cm³/mol. The Morgan fingerprint density at radius 3 is 2.00 bits per heavy atom. The van der Waals surface area contributed by atoms with Gasteiger partial charge in [0.05, 0.1) is 22.5 Å².